The first-order valence-electron chi connectivity index (χ1n) is 9.03. The van der Waals surface area contributed by atoms with Crippen LogP contribution in [0.1, 0.15) is 31.5 Å². The highest BCUT2D eigenvalue weighted by Crippen LogP contribution is 2.27. The molecular weight excluding hydrogens is 346 g/mol. The number of amides is 1. The van der Waals surface area contributed by atoms with Crippen molar-refractivity contribution in [1.29, 1.82) is 0 Å². The second kappa shape index (κ2) is 8.57. The van der Waals surface area contributed by atoms with E-state index >= 15 is 0 Å². The summed E-state index contributed by atoms with van der Waals surface area (Å²) in [7, 11) is 0. The summed E-state index contributed by atoms with van der Waals surface area (Å²) in [5.41, 5.74) is 2.67. The summed E-state index contributed by atoms with van der Waals surface area (Å²) in [5.74, 6) is 1.06. The van der Waals surface area contributed by atoms with Crippen molar-refractivity contribution in [1.82, 2.24) is 19.9 Å². The van der Waals surface area contributed by atoms with Crippen molar-refractivity contribution in [2.24, 2.45) is 0 Å². The number of nitrogens with zero attached hydrogens (tertiary/aromatic N) is 4. The van der Waals surface area contributed by atoms with Crippen LogP contribution in [0, 0.1) is 0 Å². The summed E-state index contributed by atoms with van der Waals surface area (Å²) in [6, 6.07) is 3.69. The summed E-state index contributed by atoms with van der Waals surface area (Å²) in [5, 5.41) is 3.25. The Labute approximate surface area is 158 Å². The smallest absolute Gasteiger partial charge is 0.307 e. The molecule has 142 valence electrons. The molecule has 0 bridgehead atoms. The third-order valence-corrected chi connectivity index (χ3v) is 4.38. The van der Waals surface area contributed by atoms with Gasteiger partial charge in [0.15, 0.2) is 5.82 Å². The number of ether oxygens (including phenoxy) is 1. The number of rotatable bonds is 6. The highest BCUT2D eigenvalue weighted by atomic mass is 16.5. The van der Waals surface area contributed by atoms with E-state index in [-0.39, 0.29) is 18.3 Å². The molecule has 0 unspecified atom stereocenters. The predicted molar refractivity (Wildman–Crippen MR) is 99.8 cm³/mol. The summed E-state index contributed by atoms with van der Waals surface area (Å²) >= 11 is 0. The Morgan fingerprint density at radius 3 is 2.74 bits per heavy atom. The summed E-state index contributed by atoms with van der Waals surface area (Å²) in [6.45, 7) is 5.23. The molecule has 0 fully saturated rings. The van der Waals surface area contributed by atoms with Crippen molar-refractivity contribution in [2.75, 3.05) is 25.0 Å². The zero-order valence-corrected chi connectivity index (χ0v) is 15.6. The number of carbonyl (C=O) groups is 2. The minimum Gasteiger partial charge on any atom is -0.466 e. The minimum absolute atomic E-state index is 0.0292. The molecule has 3 rings (SSSR count). The second-order valence-corrected chi connectivity index (χ2v) is 6.23. The van der Waals surface area contributed by atoms with Crippen molar-refractivity contribution < 1.29 is 14.3 Å². The van der Waals surface area contributed by atoms with Crippen LogP contribution in [0.15, 0.2) is 24.5 Å². The molecule has 0 aliphatic carbocycles. The molecule has 0 saturated carbocycles. The van der Waals surface area contributed by atoms with Gasteiger partial charge in [0.05, 0.1) is 25.3 Å². The number of fused-ring (bicyclic) bond motifs is 1. The van der Waals surface area contributed by atoms with Gasteiger partial charge in [0, 0.05) is 43.5 Å². The Morgan fingerprint density at radius 1 is 1.26 bits per heavy atom. The normalized spacial score (nSPS) is 13.0. The lowest BCUT2D eigenvalue weighted by molar-refractivity contribution is -0.142. The number of nitrogens with one attached hydrogen (secondary N) is 1. The van der Waals surface area contributed by atoms with Crippen LogP contribution >= 0.6 is 0 Å². The summed E-state index contributed by atoms with van der Waals surface area (Å²) < 4.78 is 4.96. The molecule has 1 N–H and O–H groups in total. The van der Waals surface area contributed by atoms with Crippen LogP contribution in [0.4, 0.5) is 5.82 Å². The van der Waals surface area contributed by atoms with Crippen molar-refractivity contribution in [2.45, 2.75) is 33.2 Å². The van der Waals surface area contributed by atoms with Gasteiger partial charge < -0.3 is 15.0 Å². The third kappa shape index (κ3) is 4.58. The first kappa shape index (κ1) is 18.8. The average Bonchev–Trinajstić information content (AvgIpc) is 2.68. The number of esters is 1. The molecule has 0 radical (unpaired) electrons. The molecule has 1 amide bonds. The van der Waals surface area contributed by atoms with Gasteiger partial charge in [-0.05, 0) is 25.5 Å². The van der Waals surface area contributed by atoms with Gasteiger partial charge in [-0.2, -0.15) is 0 Å². The van der Waals surface area contributed by atoms with E-state index in [1.807, 2.05) is 12.1 Å². The Hall–Kier alpha value is -3.03. The first-order chi connectivity index (χ1) is 13.1. The standard InChI is InChI=1S/C19H23N5O3/c1-3-27-17(26)6-10-21-19-15-7-11-24(13(2)25)12-16(15)22-18(23-19)14-4-8-20-9-5-14/h4-5,8-9H,3,6-7,10-12H2,1-2H3,(H,21,22,23). The maximum atomic E-state index is 11.8. The van der Waals surface area contributed by atoms with Gasteiger partial charge in [0.2, 0.25) is 5.91 Å². The SMILES string of the molecule is CCOC(=O)CCNc1nc(-c2ccncc2)nc2c1CCN(C(C)=O)C2. The van der Waals surface area contributed by atoms with E-state index in [1.165, 1.54) is 0 Å². The van der Waals surface area contributed by atoms with E-state index in [2.05, 4.69) is 20.3 Å². The van der Waals surface area contributed by atoms with E-state index in [0.29, 0.717) is 44.3 Å². The zero-order chi connectivity index (χ0) is 19.2. The predicted octanol–water partition coefficient (Wildman–Crippen LogP) is 1.81. The van der Waals surface area contributed by atoms with E-state index in [9.17, 15) is 9.59 Å². The Kier molecular flexibility index (Phi) is 5.95. The molecular formula is C19H23N5O3. The number of aromatic nitrogens is 3. The van der Waals surface area contributed by atoms with Crippen LogP contribution in [0.5, 0.6) is 0 Å². The summed E-state index contributed by atoms with van der Waals surface area (Å²) in [4.78, 5) is 38.5. The molecule has 8 heteroatoms. The van der Waals surface area contributed by atoms with Crippen molar-refractivity contribution in [3.8, 4) is 11.4 Å². The Morgan fingerprint density at radius 2 is 2.04 bits per heavy atom. The number of carbonyl (C=O) groups excluding carboxylic acids is 2. The Bertz CT molecular complexity index is 826. The first-order valence-corrected chi connectivity index (χ1v) is 9.03. The van der Waals surface area contributed by atoms with Crippen molar-refractivity contribution >= 4 is 17.7 Å². The van der Waals surface area contributed by atoms with Crippen LogP contribution < -0.4 is 5.32 Å². The highest BCUT2D eigenvalue weighted by Gasteiger charge is 2.24. The van der Waals surface area contributed by atoms with Gasteiger partial charge in [0.25, 0.3) is 0 Å². The lowest BCUT2D eigenvalue weighted by Crippen LogP contribution is -2.35. The van der Waals surface area contributed by atoms with E-state index in [1.54, 1.807) is 31.1 Å². The lowest BCUT2D eigenvalue weighted by atomic mass is 10.0. The number of hydrogen-bond acceptors (Lipinski definition) is 7. The zero-order valence-electron chi connectivity index (χ0n) is 15.6. The molecule has 27 heavy (non-hydrogen) atoms. The van der Waals surface area contributed by atoms with Crippen molar-refractivity contribution in [3.05, 3.63) is 35.8 Å². The lowest BCUT2D eigenvalue weighted by Gasteiger charge is -2.28. The van der Waals surface area contributed by atoms with Gasteiger partial charge in [-0.1, -0.05) is 0 Å². The van der Waals surface area contributed by atoms with Crippen LogP contribution in [0.2, 0.25) is 0 Å². The molecule has 3 heterocycles. The monoisotopic (exact) mass is 369 g/mol. The van der Waals surface area contributed by atoms with Crippen molar-refractivity contribution in [3.63, 3.8) is 0 Å². The number of hydrogen-bond donors (Lipinski definition) is 1. The molecule has 2 aromatic heterocycles. The number of anilines is 1. The largest absolute Gasteiger partial charge is 0.466 e. The molecule has 1 aliphatic heterocycles. The third-order valence-electron chi connectivity index (χ3n) is 4.38. The molecule has 0 saturated heterocycles. The Balaban J connectivity index is 1.88. The van der Waals surface area contributed by atoms with Gasteiger partial charge in [0.1, 0.15) is 5.82 Å². The highest BCUT2D eigenvalue weighted by molar-refractivity contribution is 5.74. The fraction of sp³-hybridized carbons (Fsp3) is 0.421. The molecule has 8 nitrogen and oxygen atoms in total. The molecule has 0 spiro atoms. The van der Waals surface area contributed by atoms with Crippen LogP contribution in [0.3, 0.4) is 0 Å². The summed E-state index contributed by atoms with van der Waals surface area (Å²) in [6.07, 6.45) is 4.31. The van der Waals surface area contributed by atoms with Gasteiger partial charge in [-0.3, -0.25) is 14.6 Å². The topological polar surface area (TPSA) is 97.3 Å². The van der Waals surface area contributed by atoms with Crippen LogP contribution in [0.25, 0.3) is 11.4 Å². The molecule has 0 atom stereocenters. The quantitative estimate of drug-likeness (QED) is 0.776. The van der Waals surface area contributed by atoms with Crippen LogP contribution in [-0.4, -0.2) is 51.4 Å². The fourth-order valence-corrected chi connectivity index (χ4v) is 2.99. The van der Waals surface area contributed by atoms with Gasteiger partial charge >= 0.3 is 5.97 Å². The maximum absolute atomic E-state index is 11.8. The molecule has 2 aromatic rings. The van der Waals surface area contributed by atoms with E-state index < -0.39 is 0 Å². The van der Waals surface area contributed by atoms with Crippen LogP contribution in [-0.2, 0) is 27.3 Å². The van der Waals surface area contributed by atoms with E-state index in [4.69, 9.17) is 4.74 Å². The number of pyridine rings is 1. The minimum atomic E-state index is -0.245. The maximum Gasteiger partial charge on any atom is 0.307 e. The van der Waals surface area contributed by atoms with E-state index in [0.717, 1.165) is 16.8 Å². The molecule has 0 aromatic carbocycles. The average molecular weight is 369 g/mol. The fourth-order valence-electron chi connectivity index (χ4n) is 2.99. The second-order valence-electron chi connectivity index (χ2n) is 6.23. The molecule has 1 aliphatic rings. The van der Waals surface area contributed by atoms with Gasteiger partial charge in [-0.15, -0.1) is 0 Å². The van der Waals surface area contributed by atoms with Gasteiger partial charge in [-0.25, -0.2) is 9.97 Å².